The van der Waals surface area contributed by atoms with Gasteiger partial charge in [0.15, 0.2) is 0 Å². The lowest BCUT2D eigenvalue weighted by molar-refractivity contribution is 0.600. The second kappa shape index (κ2) is 7.83. The Hall–Kier alpha value is -2.55. The maximum atomic E-state index is 12.6. The molecule has 3 aromatic carbocycles. The number of hydrogen-bond donors (Lipinski definition) is 2. The van der Waals surface area contributed by atoms with Crippen molar-refractivity contribution in [1.82, 2.24) is 0 Å². The molecule has 0 radical (unpaired) electrons. The Balaban J connectivity index is 1.81. The van der Waals surface area contributed by atoms with Crippen LogP contribution < -0.4 is 9.44 Å². The van der Waals surface area contributed by atoms with Gasteiger partial charge in [-0.1, -0.05) is 35.9 Å². The standard InChI is InChI=1S/C19H17ClN2O4S2/c1-14-7-8-15(20)13-19(14)22-28(25,26)18-11-9-16(10-12-18)21-27(23,24)17-5-3-2-4-6-17/h2-13,21-22H,1H3. The first-order valence-corrected chi connectivity index (χ1v) is 11.5. The van der Waals surface area contributed by atoms with E-state index in [1.54, 1.807) is 37.3 Å². The summed E-state index contributed by atoms with van der Waals surface area (Å²) in [5, 5.41) is 0.411. The van der Waals surface area contributed by atoms with E-state index in [2.05, 4.69) is 9.44 Å². The van der Waals surface area contributed by atoms with E-state index in [1.807, 2.05) is 0 Å². The Morgan fingerprint density at radius 3 is 1.93 bits per heavy atom. The minimum atomic E-state index is -3.85. The highest BCUT2D eigenvalue weighted by Gasteiger charge is 2.17. The topological polar surface area (TPSA) is 92.3 Å². The van der Waals surface area contributed by atoms with Crippen LogP contribution in [-0.2, 0) is 20.0 Å². The highest BCUT2D eigenvalue weighted by molar-refractivity contribution is 7.93. The van der Waals surface area contributed by atoms with E-state index in [-0.39, 0.29) is 15.5 Å². The van der Waals surface area contributed by atoms with Gasteiger partial charge in [-0.3, -0.25) is 9.44 Å². The van der Waals surface area contributed by atoms with E-state index in [1.165, 1.54) is 42.5 Å². The van der Waals surface area contributed by atoms with Gasteiger partial charge in [0.05, 0.1) is 15.5 Å². The summed E-state index contributed by atoms with van der Waals surface area (Å²) in [5.74, 6) is 0. The third-order valence-corrected chi connectivity index (χ3v) is 6.93. The van der Waals surface area contributed by atoms with E-state index in [4.69, 9.17) is 11.6 Å². The summed E-state index contributed by atoms with van der Waals surface area (Å²) in [6.45, 7) is 1.76. The molecule has 0 aliphatic heterocycles. The smallest absolute Gasteiger partial charge is 0.261 e. The number of nitrogens with one attached hydrogen (secondary N) is 2. The Morgan fingerprint density at radius 2 is 1.29 bits per heavy atom. The summed E-state index contributed by atoms with van der Waals surface area (Å²) in [5.41, 5.74) is 1.35. The van der Waals surface area contributed by atoms with Gasteiger partial charge in [0.25, 0.3) is 20.0 Å². The number of hydrogen-bond acceptors (Lipinski definition) is 4. The quantitative estimate of drug-likeness (QED) is 0.604. The van der Waals surface area contributed by atoms with Crippen LogP contribution in [-0.4, -0.2) is 16.8 Å². The van der Waals surface area contributed by atoms with Gasteiger partial charge in [0, 0.05) is 10.7 Å². The molecule has 0 aliphatic carbocycles. The van der Waals surface area contributed by atoms with Crippen LogP contribution in [0.2, 0.25) is 5.02 Å². The third kappa shape index (κ3) is 4.64. The van der Waals surface area contributed by atoms with Crippen LogP contribution >= 0.6 is 11.6 Å². The molecule has 0 saturated heterocycles. The van der Waals surface area contributed by atoms with Crippen LogP contribution in [0.4, 0.5) is 11.4 Å². The van der Waals surface area contributed by atoms with E-state index >= 15 is 0 Å². The van der Waals surface area contributed by atoms with Crippen molar-refractivity contribution >= 4 is 43.0 Å². The van der Waals surface area contributed by atoms with Crippen LogP contribution in [0.1, 0.15) is 5.56 Å². The van der Waals surface area contributed by atoms with Crippen molar-refractivity contribution in [3.63, 3.8) is 0 Å². The maximum Gasteiger partial charge on any atom is 0.261 e. The molecular weight excluding hydrogens is 420 g/mol. The van der Waals surface area contributed by atoms with E-state index < -0.39 is 20.0 Å². The molecule has 0 fully saturated rings. The van der Waals surface area contributed by atoms with Crippen LogP contribution in [0.5, 0.6) is 0 Å². The number of benzene rings is 3. The Kier molecular flexibility index (Phi) is 5.64. The van der Waals surface area contributed by atoms with Crippen molar-refractivity contribution < 1.29 is 16.8 Å². The molecule has 0 amide bonds. The Bertz CT molecular complexity index is 1190. The van der Waals surface area contributed by atoms with Crippen molar-refractivity contribution in [2.75, 3.05) is 9.44 Å². The molecule has 0 aromatic heterocycles. The summed E-state index contributed by atoms with van der Waals surface area (Å²) < 4.78 is 54.8. The number of anilines is 2. The fourth-order valence-corrected chi connectivity index (χ4v) is 4.80. The van der Waals surface area contributed by atoms with Crippen molar-refractivity contribution in [3.8, 4) is 0 Å². The third-order valence-electron chi connectivity index (χ3n) is 3.91. The zero-order chi connectivity index (χ0) is 20.4. The fourth-order valence-electron chi connectivity index (χ4n) is 2.42. The molecule has 0 spiro atoms. The Morgan fingerprint density at radius 1 is 0.714 bits per heavy atom. The predicted octanol–water partition coefficient (Wildman–Crippen LogP) is 4.25. The number of halogens is 1. The summed E-state index contributed by atoms with van der Waals surface area (Å²) in [4.78, 5) is 0.110. The van der Waals surface area contributed by atoms with Crippen molar-refractivity contribution in [3.05, 3.63) is 83.4 Å². The first-order chi connectivity index (χ1) is 13.2. The highest BCUT2D eigenvalue weighted by Crippen LogP contribution is 2.24. The van der Waals surface area contributed by atoms with Gasteiger partial charge in [-0.15, -0.1) is 0 Å². The summed E-state index contributed by atoms with van der Waals surface area (Å²) >= 11 is 5.92. The van der Waals surface area contributed by atoms with Crippen molar-refractivity contribution in [2.24, 2.45) is 0 Å². The monoisotopic (exact) mass is 436 g/mol. The molecule has 0 aliphatic rings. The molecule has 28 heavy (non-hydrogen) atoms. The van der Waals surface area contributed by atoms with Crippen LogP contribution in [0, 0.1) is 6.92 Å². The molecule has 0 bridgehead atoms. The molecule has 0 unspecified atom stereocenters. The molecule has 146 valence electrons. The first kappa shape index (κ1) is 20.2. The van der Waals surface area contributed by atoms with Crippen molar-refractivity contribution in [1.29, 1.82) is 0 Å². The molecule has 3 rings (SSSR count). The van der Waals surface area contributed by atoms with Gasteiger partial charge in [0.1, 0.15) is 0 Å². The number of rotatable bonds is 6. The Labute approximate surface area is 169 Å². The minimum Gasteiger partial charge on any atom is -0.280 e. The maximum absolute atomic E-state index is 12.6. The lowest BCUT2D eigenvalue weighted by Crippen LogP contribution is -2.15. The molecule has 3 aromatic rings. The molecule has 0 saturated carbocycles. The van der Waals surface area contributed by atoms with Gasteiger partial charge in [-0.25, -0.2) is 16.8 Å². The summed E-state index contributed by atoms with van der Waals surface area (Å²) in [6.07, 6.45) is 0. The van der Waals surface area contributed by atoms with Gasteiger partial charge in [-0.2, -0.15) is 0 Å². The molecule has 0 heterocycles. The average Bonchev–Trinajstić information content (AvgIpc) is 2.65. The molecule has 6 nitrogen and oxygen atoms in total. The van der Waals surface area contributed by atoms with Crippen LogP contribution in [0.3, 0.4) is 0 Å². The number of sulfonamides is 2. The van der Waals surface area contributed by atoms with Crippen LogP contribution in [0.15, 0.2) is 82.6 Å². The molecular formula is C19H17ClN2O4S2. The second-order valence-electron chi connectivity index (χ2n) is 6.01. The lowest BCUT2D eigenvalue weighted by Gasteiger charge is -2.12. The molecule has 0 atom stereocenters. The largest absolute Gasteiger partial charge is 0.280 e. The normalized spacial score (nSPS) is 11.8. The van der Waals surface area contributed by atoms with Gasteiger partial charge in [-0.05, 0) is 61.0 Å². The zero-order valence-electron chi connectivity index (χ0n) is 14.8. The highest BCUT2D eigenvalue weighted by atomic mass is 35.5. The fraction of sp³-hybridized carbons (Fsp3) is 0.0526. The lowest BCUT2D eigenvalue weighted by atomic mass is 10.2. The minimum absolute atomic E-state index is 0.00506. The predicted molar refractivity (Wildman–Crippen MR) is 111 cm³/mol. The van der Waals surface area contributed by atoms with Gasteiger partial charge in [0.2, 0.25) is 0 Å². The summed E-state index contributed by atoms with van der Waals surface area (Å²) in [7, 11) is -7.60. The second-order valence-corrected chi connectivity index (χ2v) is 9.81. The average molecular weight is 437 g/mol. The first-order valence-electron chi connectivity index (χ1n) is 8.14. The van der Waals surface area contributed by atoms with E-state index in [9.17, 15) is 16.8 Å². The van der Waals surface area contributed by atoms with E-state index in [0.29, 0.717) is 10.7 Å². The zero-order valence-corrected chi connectivity index (χ0v) is 17.1. The van der Waals surface area contributed by atoms with Crippen molar-refractivity contribution in [2.45, 2.75) is 16.7 Å². The van der Waals surface area contributed by atoms with Gasteiger partial charge >= 0.3 is 0 Å². The van der Waals surface area contributed by atoms with Gasteiger partial charge < -0.3 is 0 Å². The van der Waals surface area contributed by atoms with E-state index in [0.717, 1.165) is 5.56 Å². The molecule has 9 heteroatoms. The summed E-state index contributed by atoms with van der Waals surface area (Å²) in [6, 6.07) is 18.2. The number of aryl methyl sites for hydroxylation is 1. The SMILES string of the molecule is Cc1ccc(Cl)cc1NS(=O)(=O)c1ccc(NS(=O)(=O)c2ccccc2)cc1. The molecule has 2 N–H and O–H groups in total. The van der Waals surface area contributed by atoms with Crippen LogP contribution in [0.25, 0.3) is 0 Å².